The molecule has 5 nitrogen and oxygen atoms in total. The van der Waals surface area contributed by atoms with E-state index in [-0.39, 0.29) is 30.4 Å². The molecule has 27 heavy (non-hydrogen) atoms. The van der Waals surface area contributed by atoms with E-state index in [0.717, 1.165) is 6.42 Å². The number of hydrogen-bond donors (Lipinski definition) is 2. The Labute approximate surface area is 157 Å². The number of aliphatic carboxylic acids is 1. The third-order valence-electron chi connectivity index (χ3n) is 6.40. The van der Waals surface area contributed by atoms with Crippen molar-refractivity contribution in [2.45, 2.75) is 24.8 Å². The minimum Gasteiger partial charge on any atom is -0.481 e. The van der Waals surface area contributed by atoms with Crippen molar-refractivity contribution >= 4 is 12.1 Å². The maximum Gasteiger partial charge on any atom is 0.407 e. The highest BCUT2D eigenvalue weighted by molar-refractivity contribution is 5.79. The van der Waals surface area contributed by atoms with Crippen LogP contribution in [0, 0.1) is 17.8 Å². The number of nitrogens with one attached hydrogen (secondary N) is 1. The van der Waals surface area contributed by atoms with E-state index in [1.54, 1.807) is 0 Å². The van der Waals surface area contributed by atoms with Crippen LogP contribution < -0.4 is 5.32 Å². The predicted octanol–water partition coefficient (Wildman–Crippen LogP) is 3.63. The van der Waals surface area contributed by atoms with Gasteiger partial charge in [-0.15, -0.1) is 0 Å². The summed E-state index contributed by atoms with van der Waals surface area (Å²) in [6, 6.07) is 16.4. The lowest BCUT2D eigenvalue weighted by Gasteiger charge is -2.18. The van der Waals surface area contributed by atoms with Gasteiger partial charge in [0.2, 0.25) is 0 Å². The Morgan fingerprint density at radius 2 is 1.59 bits per heavy atom. The van der Waals surface area contributed by atoms with Crippen molar-refractivity contribution in [3.05, 3.63) is 59.7 Å². The fourth-order valence-electron chi connectivity index (χ4n) is 5.03. The molecule has 0 saturated heterocycles. The molecular weight excluding hydrogens is 342 g/mol. The topological polar surface area (TPSA) is 75.6 Å². The van der Waals surface area contributed by atoms with E-state index in [4.69, 9.17) is 4.74 Å². The monoisotopic (exact) mass is 363 g/mol. The number of carboxylic acids is 1. The highest BCUT2D eigenvalue weighted by Crippen LogP contribution is 2.55. The summed E-state index contributed by atoms with van der Waals surface area (Å²) in [4.78, 5) is 23.6. The maximum absolute atomic E-state index is 12.3. The molecule has 3 aliphatic carbocycles. The van der Waals surface area contributed by atoms with E-state index in [1.165, 1.54) is 22.3 Å². The van der Waals surface area contributed by atoms with Crippen molar-refractivity contribution in [3.8, 4) is 11.1 Å². The van der Waals surface area contributed by atoms with Crippen molar-refractivity contribution in [2.75, 3.05) is 6.61 Å². The highest BCUT2D eigenvalue weighted by atomic mass is 16.5. The smallest absolute Gasteiger partial charge is 0.407 e. The molecule has 2 saturated carbocycles. The van der Waals surface area contributed by atoms with Crippen LogP contribution in [0.2, 0.25) is 0 Å². The standard InChI is InChI=1S/C22H21NO4/c24-21(25)18-10-20(17-9-16(17)18)23-22(26)27-11-19-14-7-3-1-5-12(14)13-6-2-4-8-15(13)19/h1-8,16-20H,9-11H2,(H,23,26)(H,24,25)/t16-,17+,18+,20-/m1/s1. The first-order valence-electron chi connectivity index (χ1n) is 9.48. The molecule has 0 aliphatic heterocycles. The zero-order chi connectivity index (χ0) is 18.5. The molecule has 2 N–H and O–H groups in total. The van der Waals surface area contributed by atoms with Gasteiger partial charge >= 0.3 is 12.1 Å². The predicted molar refractivity (Wildman–Crippen MR) is 99.3 cm³/mol. The van der Waals surface area contributed by atoms with Gasteiger partial charge in [-0.05, 0) is 46.9 Å². The minimum atomic E-state index is -0.751. The van der Waals surface area contributed by atoms with Crippen LogP contribution in [0.15, 0.2) is 48.5 Å². The van der Waals surface area contributed by atoms with Crippen LogP contribution in [-0.2, 0) is 9.53 Å². The molecule has 1 amide bonds. The third-order valence-corrected chi connectivity index (χ3v) is 6.40. The van der Waals surface area contributed by atoms with Crippen LogP contribution >= 0.6 is 0 Å². The molecule has 138 valence electrons. The number of alkyl carbamates (subject to hydrolysis) is 1. The van der Waals surface area contributed by atoms with Crippen LogP contribution in [0.4, 0.5) is 4.79 Å². The van der Waals surface area contributed by atoms with Crippen molar-refractivity contribution in [1.29, 1.82) is 0 Å². The number of fused-ring (bicyclic) bond motifs is 4. The summed E-state index contributed by atoms with van der Waals surface area (Å²) in [6.07, 6.45) is 0.957. The Morgan fingerprint density at radius 3 is 2.19 bits per heavy atom. The molecule has 4 atom stereocenters. The van der Waals surface area contributed by atoms with Gasteiger partial charge in [0.1, 0.15) is 6.61 Å². The molecule has 0 aromatic heterocycles. The largest absolute Gasteiger partial charge is 0.481 e. The molecule has 2 aromatic carbocycles. The Hall–Kier alpha value is -2.82. The van der Waals surface area contributed by atoms with Crippen molar-refractivity contribution in [3.63, 3.8) is 0 Å². The first-order valence-corrected chi connectivity index (χ1v) is 9.48. The van der Waals surface area contributed by atoms with Gasteiger partial charge in [-0.2, -0.15) is 0 Å². The Balaban J connectivity index is 1.26. The van der Waals surface area contributed by atoms with Crippen LogP contribution in [0.25, 0.3) is 11.1 Å². The number of carbonyl (C=O) groups excluding carboxylic acids is 1. The van der Waals surface area contributed by atoms with Gasteiger partial charge in [0.15, 0.2) is 0 Å². The number of carbonyl (C=O) groups is 2. The number of carboxylic acid groups (broad SMARTS) is 1. The zero-order valence-electron chi connectivity index (χ0n) is 14.8. The number of amides is 1. The fourth-order valence-corrected chi connectivity index (χ4v) is 5.03. The van der Waals surface area contributed by atoms with Crippen LogP contribution in [-0.4, -0.2) is 29.8 Å². The fraction of sp³-hybridized carbons (Fsp3) is 0.364. The summed E-state index contributed by atoms with van der Waals surface area (Å²) in [5, 5.41) is 12.2. The van der Waals surface area contributed by atoms with Gasteiger partial charge < -0.3 is 15.2 Å². The van der Waals surface area contributed by atoms with Crippen molar-refractivity contribution in [1.82, 2.24) is 5.32 Å². The van der Waals surface area contributed by atoms with Gasteiger partial charge in [0.05, 0.1) is 5.92 Å². The van der Waals surface area contributed by atoms with E-state index in [1.807, 2.05) is 24.3 Å². The Kier molecular flexibility index (Phi) is 3.71. The summed E-state index contributed by atoms with van der Waals surface area (Å²) in [6.45, 7) is 0.281. The van der Waals surface area contributed by atoms with Gasteiger partial charge in [-0.3, -0.25) is 4.79 Å². The lowest BCUT2D eigenvalue weighted by Crippen LogP contribution is -2.37. The summed E-state index contributed by atoms with van der Waals surface area (Å²) in [5.41, 5.74) is 4.76. The van der Waals surface area contributed by atoms with Gasteiger partial charge in [0, 0.05) is 12.0 Å². The molecule has 2 fully saturated rings. The van der Waals surface area contributed by atoms with Crippen LogP contribution in [0.5, 0.6) is 0 Å². The number of ether oxygens (including phenoxy) is 1. The normalized spacial score (nSPS) is 27.4. The minimum absolute atomic E-state index is 0.0344. The third kappa shape index (κ3) is 2.69. The Bertz CT molecular complexity index is 879. The maximum atomic E-state index is 12.3. The molecule has 2 aromatic rings. The van der Waals surface area contributed by atoms with Crippen LogP contribution in [0.3, 0.4) is 0 Å². The molecule has 0 radical (unpaired) electrons. The number of rotatable bonds is 4. The molecule has 0 heterocycles. The van der Waals surface area contributed by atoms with E-state index in [0.29, 0.717) is 12.3 Å². The van der Waals surface area contributed by atoms with Gasteiger partial charge in [0.25, 0.3) is 0 Å². The summed E-state index contributed by atoms with van der Waals surface area (Å²) >= 11 is 0. The van der Waals surface area contributed by atoms with Gasteiger partial charge in [-0.25, -0.2) is 4.79 Å². The number of hydrogen-bond acceptors (Lipinski definition) is 3. The van der Waals surface area contributed by atoms with Gasteiger partial charge in [-0.1, -0.05) is 48.5 Å². The number of benzene rings is 2. The summed E-state index contributed by atoms with van der Waals surface area (Å²) < 4.78 is 5.57. The van der Waals surface area contributed by atoms with E-state index >= 15 is 0 Å². The van der Waals surface area contributed by atoms with E-state index in [9.17, 15) is 14.7 Å². The molecule has 5 heteroatoms. The zero-order valence-corrected chi connectivity index (χ0v) is 14.8. The molecular formula is C22H21NO4. The molecule has 0 unspecified atom stereocenters. The highest BCUT2D eigenvalue weighted by Gasteiger charge is 2.57. The van der Waals surface area contributed by atoms with Crippen molar-refractivity contribution < 1.29 is 19.4 Å². The first-order chi connectivity index (χ1) is 13.1. The first kappa shape index (κ1) is 16.4. The van der Waals surface area contributed by atoms with Crippen LogP contribution in [0.1, 0.15) is 29.9 Å². The van der Waals surface area contributed by atoms with E-state index in [2.05, 4.69) is 29.6 Å². The lowest BCUT2D eigenvalue weighted by atomic mass is 9.98. The lowest BCUT2D eigenvalue weighted by molar-refractivity contribution is -0.142. The Morgan fingerprint density at radius 1 is 0.963 bits per heavy atom. The molecule has 0 bridgehead atoms. The molecule has 0 spiro atoms. The van der Waals surface area contributed by atoms with Crippen molar-refractivity contribution in [2.24, 2.45) is 17.8 Å². The SMILES string of the molecule is O=C(N[C@@H]1C[C@H](C(=O)O)[C@@H]2C[C@@H]21)OCC1c2ccccc2-c2ccccc21. The quantitative estimate of drug-likeness (QED) is 0.870. The van der Waals surface area contributed by atoms with E-state index < -0.39 is 12.1 Å². The second-order valence-electron chi connectivity index (χ2n) is 7.82. The second-order valence-corrected chi connectivity index (χ2v) is 7.82. The second kappa shape index (κ2) is 6.12. The molecule has 5 rings (SSSR count). The summed E-state index contributed by atoms with van der Waals surface area (Å²) in [7, 11) is 0. The average Bonchev–Trinajstić information content (AvgIpc) is 3.29. The molecule has 3 aliphatic rings. The average molecular weight is 363 g/mol. The summed E-state index contributed by atoms with van der Waals surface area (Å²) in [5.74, 6) is -0.520.